The molecule has 3 atom stereocenters. The summed E-state index contributed by atoms with van der Waals surface area (Å²) in [6.07, 6.45) is 4.85. The smallest absolute Gasteiger partial charge is 0.333 e. The van der Waals surface area contributed by atoms with E-state index in [-0.39, 0.29) is 11.3 Å². The number of nitrogens with zero attached hydrogens (tertiary/aromatic N) is 2. The first-order valence-corrected chi connectivity index (χ1v) is 7.94. The molecule has 2 aromatic rings. The topological polar surface area (TPSA) is 104 Å². The first-order valence-electron chi connectivity index (χ1n) is 7.94. The molecule has 1 aliphatic heterocycles. The van der Waals surface area contributed by atoms with Gasteiger partial charge in [-0.1, -0.05) is 12.1 Å². The van der Waals surface area contributed by atoms with Crippen molar-refractivity contribution in [2.75, 3.05) is 0 Å². The third kappa shape index (κ3) is 2.94. The predicted octanol–water partition coefficient (Wildman–Crippen LogP) is 2.30. The summed E-state index contributed by atoms with van der Waals surface area (Å²) in [7, 11) is 0. The van der Waals surface area contributed by atoms with Gasteiger partial charge in [0.15, 0.2) is 5.79 Å². The summed E-state index contributed by atoms with van der Waals surface area (Å²) < 4.78 is 16.7. The SMILES string of the molecule is CC1=C(C(=O)O)C(c2cccc(-n3ccnc3)c2)C(C(=O)O)C(C)(F)N1. The maximum atomic E-state index is 15.0. The monoisotopic (exact) mass is 359 g/mol. The van der Waals surface area contributed by atoms with Crippen LogP contribution < -0.4 is 5.32 Å². The molecule has 0 spiro atoms. The number of alkyl halides is 1. The molecule has 3 N–H and O–H groups in total. The summed E-state index contributed by atoms with van der Waals surface area (Å²) in [6, 6.07) is 6.71. The zero-order valence-electron chi connectivity index (χ0n) is 14.2. The van der Waals surface area contributed by atoms with Crippen molar-refractivity contribution in [1.29, 1.82) is 0 Å². The number of hydrogen-bond donors (Lipinski definition) is 3. The second-order valence-electron chi connectivity index (χ2n) is 6.40. The summed E-state index contributed by atoms with van der Waals surface area (Å²) >= 11 is 0. The van der Waals surface area contributed by atoms with Gasteiger partial charge in [-0.3, -0.25) is 4.79 Å². The minimum Gasteiger partial charge on any atom is -0.481 e. The van der Waals surface area contributed by atoms with Crippen molar-refractivity contribution >= 4 is 11.9 Å². The molecular weight excluding hydrogens is 341 g/mol. The van der Waals surface area contributed by atoms with Crippen LogP contribution in [-0.2, 0) is 9.59 Å². The van der Waals surface area contributed by atoms with E-state index in [4.69, 9.17) is 0 Å². The van der Waals surface area contributed by atoms with Gasteiger partial charge in [-0.05, 0) is 31.5 Å². The number of aliphatic carboxylic acids is 2. The highest BCUT2D eigenvalue weighted by molar-refractivity contribution is 5.92. The number of imidazole rings is 1. The molecule has 2 heterocycles. The van der Waals surface area contributed by atoms with Crippen LogP contribution in [0.5, 0.6) is 0 Å². The number of carbonyl (C=O) groups is 2. The molecule has 3 rings (SSSR count). The molecule has 0 saturated carbocycles. The van der Waals surface area contributed by atoms with Crippen LogP contribution in [0.2, 0.25) is 0 Å². The van der Waals surface area contributed by atoms with Gasteiger partial charge in [-0.2, -0.15) is 0 Å². The van der Waals surface area contributed by atoms with Gasteiger partial charge < -0.3 is 20.1 Å². The van der Waals surface area contributed by atoms with Gasteiger partial charge >= 0.3 is 11.9 Å². The molecule has 0 bridgehead atoms. The van der Waals surface area contributed by atoms with E-state index in [2.05, 4.69) is 10.3 Å². The van der Waals surface area contributed by atoms with E-state index in [0.29, 0.717) is 11.3 Å². The predicted molar refractivity (Wildman–Crippen MR) is 90.4 cm³/mol. The summed E-state index contributed by atoms with van der Waals surface area (Å²) in [6.45, 7) is 2.55. The molecule has 136 valence electrons. The summed E-state index contributed by atoms with van der Waals surface area (Å²) in [5, 5.41) is 21.7. The second kappa shape index (κ2) is 6.29. The summed E-state index contributed by atoms with van der Waals surface area (Å²) in [4.78, 5) is 27.6. The van der Waals surface area contributed by atoms with E-state index in [1.807, 2.05) is 0 Å². The number of aromatic nitrogens is 2. The third-order valence-corrected chi connectivity index (χ3v) is 4.59. The zero-order valence-corrected chi connectivity index (χ0v) is 14.2. The molecular formula is C18H18FN3O4. The number of carboxylic acid groups (broad SMARTS) is 2. The molecule has 1 aromatic heterocycles. The normalized spacial score (nSPS) is 25.7. The highest BCUT2D eigenvalue weighted by atomic mass is 19.1. The van der Waals surface area contributed by atoms with E-state index in [0.717, 1.165) is 6.92 Å². The number of allylic oxidation sites excluding steroid dienone is 1. The van der Waals surface area contributed by atoms with Crippen molar-refractivity contribution in [1.82, 2.24) is 14.9 Å². The molecule has 0 fully saturated rings. The minimum absolute atomic E-state index is 0.109. The van der Waals surface area contributed by atoms with Crippen molar-refractivity contribution in [2.24, 2.45) is 5.92 Å². The van der Waals surface area contributed by atoms with E-state index >= 15 is 4.39 Å². The quantitative estimate of drug-likeness (QED) is 0.724. The Morgan fingerprint density at radius 3 is 2.65 bits per heavy atom. The molecule has 1 aliphatic rings. The standard InChI is InChI=1S/C18H18FN3O4/c1-10-13(16(23)24)14(15(17(25)26)18(2,19)21-10)11-4-3-5-12(8-11)22-7-6-20-9-22/h3-9,14-15,21H,1-2H3,(H,23,24)(H,25,26). The maximum Gasteiger partial charge on any atom is 0.333 e. The molecule has 26 heavy (non-hydrogen) atoms. The second-order valence-corrected chi connectivity index (χ2v) is 6.40. The summed E-state index contributed by atoms with van der Waals surface area (Å²) in [5.41, 5.74) is 1.03. The third-order valence-electron chi connectivity index (χ3n) is 4.59. The van der Waals surface area contributed by atoms with Gasteiger partial charge in [-0.25, -0.2) is 14.2 Å². The average Bonchev–Trinajstić information content (AvgIpc) is 3.06. The molecule has 1 aromatic carbocycles. The number of rotatable bonds is 4. The summed E-state index contributed by atoms with van der Waals surface area (Å²) in [5.74, 6) is -7.74. The van der Waals surface area contributed by atoms with Crippen LogP contribution in [0, 0.1) is 5.92 Å². The molecule has 0 radical (unpaired) electrons. The average molecular weight is 359 g/mol. The lowest BCUT2D eigenvalue weighted by atomic mass is 9.72. The molecule has 0 amide bonds. The number of carboxylic acids is 2. The van der Waals surface area contributed by atoms with Crippen LogP contribution in [0.1, 0.15) is 25.3 Å². The van der Waals surface area contributed by atoms with E-state index in [1.54, 1.807) is 47.6 Å². The Morgan fingerprint density at radius 2 is 2.08 bits per heavy atom. The Morgan fingerprint density at radius 1 is 1.35 bits per heavy atom. The number of halogens is 1. The van der Waals surface area contributed by atoms with Gasteiger partial charge in [0, 0.05) is 29.7 Å². The van der Waals surface area contributed by atoms with Crippen molar-refractivity contribution in [3.63, 3.8) is 0 Å². The first kappa shape index (κ1) is 17.7. The molecule has 7 nitrogen and oxygen atoms in total. The van der Waals surface area contributed by atoms with Gasteiger partial charge in [0.05, 0.1) is 11.9 Å². The number of benzene rings is 1. The van der Waals surface area contributed by atoms with Gasteiger partial charge in [0.2, 0.25) is 0 Å². The molecule has 0 aliphatic carbocycles. The first-order chi connectivity index (χ1) is 12.2. The Balaban J connectivity index is 2.20. The highest BCUT2D eigenvalue weighted by Gasteiger charge is 2.52. The minimum atomic E-state index is -2.30. The fourth-order valence-corrected chi connectivity index (χ4v) is 3.54. The maximum absolute atomic E-state index is 15.0. The van der Waals surface area contributed by atoms with Crippen molar-refractivity contribution in [2.45, 2.75) is 25.6 Å². The van der Waals surface area contributed by atoms with E-state index < -0.39 is 29.6 Å². The largest absolute Gasteiger partial charge is 0.481 e. The lowest BCUT2D eigenvalue weighted by Crippen LogP contribution is -2.54. The van der Waals surface area contributed by atoms with Gasteiger partial charge in [0.25, 0.3) is 0 Å². The van der Waals surface area contributed by atoms with E-state index in [1.165, 1.54) is 6.92 Å². The van der Waals surface area contributed by atoms with Crippen LogP contribution >= 0.6 is 0 Å². The van der Waals surface area contributed by atoms with Gasteiger partial charge in [-0.15, -0.1) is 0 Å². The van der Waals surface area contributed by atoms with Crippen molar-refractivity contribution < 1.29 is 24.2 Å². The van der Waals surface area contributed by atoms with Gasteiger partial charge in [0.1, 0.15) is 5.92 Å². The Bertz CT molecular complexity index is 890. The number of hydrogen-bond acceptors (Lipinski definition) is 4. The van der Waals surface area contributed by atoms with Crippen molar-refractivity contribution in [3.05, 3.63) is 59.8 Å². The van der Waals surface area contributed by atoms with Crippen LogP contribution in [0.4, 0.5) is 4.39 Å². The zero-order chi connectivity index (χ0) is 19.1. The lowest BCUT2D eigenvalue weighted by molar-refractivity contribution is -0.150. The Kier molecular flexibility index (Phi) is 4.27. The van der Waals surface area contributed by atoms with Crippen molar-refractivity contribution in [3.8, 4) is 5.69 Å². The Labute approximate surface area is 148 Å². The molecule has 3 unspecified atom stereocenters. The van der Waals surface area contributed by atoms with Crippen LogP contribution in [-0.4, -0.2) is 37.5 Å². The van der Waals surface area contributed by atoms with Crippen LogP contribution in [0.15, 0.2) is 54.3 Å². The fraction of sp³-hybridized carbons (Fsp3) is 0.278. The van der Waals surface area contributed by atoms with Crippen LogP contribution in [0.25, 0.3) is 5.69 Å². The fourth-order valence-electron chi connectivity index (χ4n) is 3.54. The Hall–Kier alpha value is -3.16. The highest BCUT2D eigenvalue weighted by Crippen LogP contribution is 2.44. The number of nitrogens with one attached hydrogen (secondary N) is 1. The van der Waals surface area contributed by atoms with E-state index in [9.17, 15) is 19.8 Å². The molecule has 8 heteroatoms. The van der Waals surface area contributed by atoms with Crippen LogP contribution in [0.3, 0.4) is 0 Å². The molecule has 0 saturated heterocycles. The lowest BCUT2D eigenvalue weighted by Gasteiger charge is -2.40.